The molecular formula is C18H27N5O2S2. The molecule has 0 spiro atoms. The van der Waals surface area contributed by atoms with Crippen molar-refractivity contribution in [1.29, 1.82) is 0 Å². The number of hydrogen-bond donors (Lipinski definition) is 3. The number of nitrogens with zero attached hydrogens (tertiary/aromatic N) is 2. The molecule has 1 aromatic heterocycles. The molecule has 3 N–H and O–H groups in total. The van der Waals surface area contributed by atoms with Crippen LogP contribution < -0.4 is 15.4 Å². The lowest BCUT2D eigenvalue weighted by Gasteiger charge is -2.22. The molecule has 0 aliphatic rings. The second kappa shape index (κ2) is 8.81. The summed E-state index contributed by atoms with van der Waals surface area (Å²) in [4.78, 5) is 9.90. The van der Waals surface area contributed by atoms with Gasteiger partial charge in [0.05, 0.1) is 11.4 Å². The van der Waals surface area contributed by atoms with Gasteiger partial charge in [-0.25, -0.2) is 18.1 Å². The Hall–Kier alpha value is -1.97. The number of aromatic nitrogens is 1. The fourth-order valence-electron chi connectivity index (χ4n) is 2.41. The smallest absolute Gasteiger partial charge is 0.241 e. The molecule has 0 radical (unpaired) electrons. The molecule has 0 atom stereocenters. The first-order valence-corrected chi connectivity index (χ1v) is 10.9. The molecule has 148 valence electrons. The quantitative estimate of drug-likeness (QED) is 0.503. The van der Waals surface area contributed by atoms with E-state index in [1.165, 1.54) is 0 Å². The Bertz CT molecular complexity index is 898. The van der Waals surface area contributed by atoms with Gasteiger partial charge in [0.1, 0.15) is 5.01 Å². The standard InChI is InChI=1S/C18H27N5O2S2/c1-13-10-20-16(26-13)12-22-17(19-5)21-11-14-8-6-7-9-15(14)27(24,25)23-18(2,3)4/h6-10,23H,11-12H2,1-5H3,(H2,19,21,22). The molecule has 0 amide bonds. The van der Waals surface area contributed by atoms with Crippen LogP contribution in [0.1, 0.15) is 36.2 Å². The molecule has 0 aliphatic heterocycles. The molecule has 0 saturated heterocycles. The number of guanidine groups is 1. The van der Waals surface area contributed by atoms with Crippen LogP contribution in [0.15, 0.2) is 40.4 Å². The number of aryl methyl sites for hydroxylation is 1. The number of aliphatic imine (C=N–C) groups is 1. The first-order chi connectivity index (χ1) is 12.6. The molecule has 0 saturated carbocycles. The highest BCUT2D eigenvalue weighted by molar-refractivity contribution is 7.89. The molecule has 2 rings (SSSR count). The Labute approximate surface area is 165 Å². The second-order valence-corrected chi connectivity index (χ2v) is 10.1. The van der Waals surface area contributed by atoms with Gasteiger partial charge in [-0.05, 0) is 39.3 Å². The van der Waals surface area contributed by atoms with E-state index in [1.807, 2.05) is 40.0 Å². The highest BCUT2D eigenvalue weighted by Gasteiger charge is 2.24. The summed E-state index contributed by atoms with van der Waals surface area (Å²) < 4.78 is 28.1. The van der Waals surface area contributed by atoms with Crippen molar-refractivity contribution in [3.63, 3.8) is 0 Å². The predicted molar refractivity (Wildman–Crippen MR) is 110 cm³/mol. The SMILES string of the molecule is CN=C(NCc1ncc(C)s1)NCc1ccccc1S(=O)(=O)NC(C)(C)C. The van der Waals surface area contributed by atoms with Gasteiger partial charge in [0.2, 0.25) is 10.0 Å². The van der Waals surface area contributed by atoms with Crippen molar-refractivity contribution in [1.82, 2.24) is 20.3 Å². The van der Waals surface area contributed by atoms with Gasteiger partial charge < -0.3 is 10.6 Å². The largest absolute Gasteiger partial charge is 0.352 e. The monoisotopic (exact) mass is 409 g/mol. The Morgan fingerprint density at radius 3 is 2.44 bits per heavy atom. The molecule has 0 fully saturated rings. The third kappa shape index (κ3) is 6.60. The summed E-state index contributed by atoms with van der Waals surface area (Å²) in [6.07, 6.45) is 1.83. The number of hydrogen-bond acceptors (Lipinski definition) is 5. The normalized spacial score (nSPS) is 12.9. The van der Waals surface area contributed by atoms with Crippen molar-refractivity contribution in [2.24, 2.45) is 4.99 Å². The van der Waals surface area contributed by atoms with Gasteiger partial charge >= 0.3 is 0 Å². The number of rotatable bonds is 6. The van der Waals surface area contributed by atoms with Crippen LogP contribution in [0.5, 0.6) is 0 Å². The molecule has 1 heterocycles. The molecule has 9 heteroatoms. The molecule has 0 bridgehead atoms. The summed E-state index contributed by atoms with van der Waals surface area (Å²) in [5.41, 5.74) is 0.116. The number of thiazole rings is 1. The zero-order chi connectivity index (χ0) is 20.1. The zero-order valence-corrected chi connectivity index (χ0v) is 18.0. The summed E-state index contributed by atoms with van der Waals surface area (Å²) in [6.45, 7) is 8.35. The van der Waals surface area contributed by atoms with Crippen molar-refractivity contribution < 1.29 is 8.42 Å². The fourth-order valence-corrected chi connectivity index (χ4v) is 4.80. The average molecular weight is 410 g/mol. The minimum Gasteiger partial charge on any atom is -0.352 e. The van der Waals surface area contributed by atoms with E-state index in [0.717, 1.165) is 9.88 Å². The second-order valence-electron chi connectivity index (χ2n) is 7.11. The lowest BCUT2D eigenvalue weighted by atomic mass is 10.1. The van der Waals surface area contributed by atoms with E-state index < -0.39 is 15.6 Å². The van der Waals surface area contributed by atoms with Crippen LogP contribution in [0.3, 0.4) is 0 Å². The van der Waals surface area contributed by atoms with E-state index in [0.29, 0.717) is 24.6 Å². The van der Waals surface area contributed by atoms with Crippen LogP contribution >= 0.6 is 11.3 Å². The molecule has 1 aromatic carbocycles. The number of nitrogens with one attached hydrogen (secondary N) is 3. The van der Waals surface area contributed by atoms with Crippen LogP contribution in [0.4, 0.5) is 0 Å². The van der Waals surface area contributed by atoms with Crippen molar-refractivity contribution in [2.45, 2.75) is 51.2 Å². The maximum absolute atomic E-state index is 12.7. The molecule has 0 unspecified atom stereocenters. The Balaban J connectivity index is 2.06. The highest BCUT2D eigenvalue weighted by Crippen LogP contribution is 2.17. The van der Waals surface area contributed by atoms with Crippen molar-refractivity contribution >= 4 is 27.3 Å². The van der Waals surface area contributed by atoms with Gasteiger partial charge in [-0.1, -0.05) is 18.2 Å². The van der Waals surface area contributed by atoms with Crippen LogP contribution in [-0.4, -0.2) is 31.9 Å². The first-order valence-electron chi connectivity index (χ1n) is 8.58. The average Bonchev–Trinajstić information content (AvgIpc) is 2.98. The molecule has 0 aliphatic carbocycles. The third-order valence-corrected chi connectivity index (χ3v) is 6.22. The van der Waals surface area contributed by atoms with E-state index in [1.54, 1.807) is 36.6 Å². The van der Waals surface area contributed by atoms with E-state index in [9.17, 15) is 8.42 Å². The minimum atomic E-state index is -3.61. The van der Waals surface area contributed by atoms with Crippen LogP contribution in [0, 0.1) is 6.92 Å². The maximum Gasteiger partial charge on any atom is 0.241 e. The van der Waals surface area contributed by atoms with Crippen LogP contribution in [0.2, 0.25) is 0 Å². The summed E-state index contributed by atoms with van der Waals surface area (Å²) in [6, 6.07) is 6.95. The molecule has 2 aromatic rings. The predicted octanol–water partition coefficient (Wildman–Crippen LogP) is 2.39. The van der Waals surface area contributed by atoms with Gasteiger partial charge in [-0.3, -0.25) is 4.99 Å². The van der Waals surface area contributed by atoms with Gasteiger partial charge in [0.25, 0.3) is 0 Å². The van der Waals surface area contributed by atoms with E-state index >= 15 is 0 Å². The molecule has 7 nitrogen and oxygen atoms in total. The van der Waals surface area contributed by atoms with E-state index in [-0.39, 0.29) is 4.90 Å². The van der Waals surface area contributed by atoms with E-state index in [4.69, 9.17) is 0 Å². The minimum absolute atomic E-state index is 0.262. The fraction of sp³-hybridized carbons (Fsp3) is 0.444. The zero-order valence-electron chi connectivity index (χ0n) is 16.3. The van der Waals surface area contributed by atoms with Gasteiger partial charge in [0.15, 0.2) is 5.96 Å². The van der Waals surface area contributed by atoms with Crippen LogP contribution in [0.25, 0.3) is 0 Å². The van der Waals surface area contributed by atoms with Crippen molar-refractivity contribution in [2.75, 3.05) is 7.05 Å². The van der Waals surface area contributed by atoms with Crippen molar-refractivity contribution in [3.8, 4) is 0 Å². The highest BCUT2D eigenvalue weighted by atomic mass is 32.2. The first kappa shape index (κ1) is 21.3. The Morgan fingerprint density at radius 2 is 1.85 bits per heavy atom. The summed E-state index contributed by atoms with van der Waals surface area (Å²) in [7, 11) is -1.94. The number of sulfonamides is 1. The van der Waals surface area contributed by atoms with Gasteiger partial charge in [-0.2, -0.15) is 0 Å². The lowest BCUT2D eigenvalue weighted by molar-refractivity contribution is 0.491. The lowest BCUT2D eigenvalue weighted by Crippen LogP contribution is -2.41. The molecule has 27 heavy (non-hydrogen) atoms. The summed E-state index contributed by atoms with van der Waals surface area (Å²) in [5, 5.41) is 7.31. The molecular weight excluding hydrogens is 382 g/mol. The Kier molecular flexibility index (Phi) is 6.96. The summed E-state index contributed by atoms with van der Waals surface area (Å²) in [5.74, 6) is 0.582. The van der Waals surface area contributed by atoms with Crippen LogP contribution in [-0.2, 0) is 23.1 Å². The topological polar surface area (TPSA) is 95.5 Å². The van der Waals surface area contributed by atoms with Gasteiger partial charge in [0, 0.05) is 30.2 Å². The number of benzene rings is 1. The maximum atomic E-state index is 12.7. The Morgan fingerprint density at radius 1 is 1.19 bits per heavy atom. The van der Waals surface area contributed by atoms with Gasteiger partial charge in [-0.15, -0.1) is 11.3 Å². The third-order valence-electron chi connectivity index (χ3n) is 3.45. The van der Waals surface area contributed by atoms with E-state index in [2.05, 4.69) is 25.3 Å². The summed E-state index contributed by atoms with van der Waals surface area (Å²) >= 11 is 1.62. The van der Waals surface area contributed by atoms with Crippen molar-refractivity contribution in [3.05, 3.63) is 45.9 Å².